The van der Waals surface area contributed by atoms with E-state index in [-0.39, 0.29) is 19.3 Å². The Morgan fingerprint density at radius 3 is 2.56 bits per heavy atom. The summed E-state index contributed by atoms with van der Waals surface area (Å²) >= 11 is 1.77. The van der Waals surface area contributed by atoms with Crippen molar-refractivity contribution in [1.29, 1.82) is 0 Å². The van der Waals surface area contributed by atoms with Crippen molar-refractivity contribution in [1.82, 2.24) is 9.80 Å². The minimum Gasteiger partial charge on any atom is -0.311 e. The van der Waals surface area contributed by atoms with E-state index < -0.39 is 17.8 Å². The van der Waals surface area contributed by atoms with Crippen LogP contribution in [0, 0.1) is 0 Å². The first-order valence-electron chi connectivity index (χ1n) is 9.22. The van der Waals surface area contributed by atoms with Crippen LogP contribution in [0.2, 0.25) is 0 Å². The SMILES string of the molecule is CC[C@@H]1c2ccsc2CC[NH+]1CN1C(=O)C(=O)N(Cc2ccccc2)C1=O. The fourth-order valence-corrected chi connectivity index (χ4v) is 4.97. The monoisotopic (exact) mass is 384 g/mol. The number of thiophene rings is 1. The molecule has 0 radical (unpaired) electrons. The Labute approximate surface area is 162 Å². The zero-order valence-electron chi connectivity index (χ0n) is 15.2. The largest absolute Gasteiger partial charge is 0.339 e. The molecular formula is C20H22N3O3S+. The highest BCUT2D eigenvalue weighted by Gasteiger charge is 2.47. The zero-order chi connectivity index (χ0) is 19.0. The van der Waals surface area contributed by atoms with E-state index in [1.165, 1.54) is 15.3 Å². The smallest absolute Gasteiger partial charge is 0.311 e. The molecule has 2 aliphatic rings. The van der Waals surface area contributed by atoms with Gasteiger partial charge in [0.2, 0.25) is 0 Å². The molecule has 1 fully saturated rings. The molecule has 27 heavy (non-hydrogen) atoms. The molecule has 1 N–H and O–H groups in total. The van der Waals surface area contributed by atoms with Crippen molar-refractivity contribution < 1.29 is 19.3 Å². The highest BCUT2D eigenvalue weighted by molar-refractivity contribution is 7.10. The predicted molar refractivity (Wildman–Crippen MR) is 101 cm³/mol. The summed E-state index contributed by atoms with van der Waals surface area (Å²) in [4.78, 5) is 42.4. The summed E-state index contributed by atoms with van der Waals surface area (Å²) in [6, 6.07) is 11.1. The highest BCUT2D eigenvalue weighted by Crippen LogP contribution is 2.27. The maximum Gasteiger partial charge on any atom is 0.339 e. The van der Waals surface area contributed by atoms with Gasteiger partial charge in [-0.25, -0.2) is 9.69 Å². The van der Waals surface area contributed by atoms with Crippen molar-refractivity contribution in [2.24, 2.45) is 0 Å². The van der Waals surface area contributed by atoms with Crippen LogP contribution in [0.1, 0.15) is 35.4 Å². The van der Waals surface area contributed by atoms with Gasteiger partial charge in [0.15, 0.2) is 6.67 Å². The lowest BCUT2D eigenvalue weighted by atomic mass is 9.98. The van der Waals surface area contributed by atoms with E-state index in [1.54, 1.807) is 11.3 Å². The predicted octanol–water partition coefficient (Wildman–Crippen LogP) is 1.59. The van der Waals surface area contributed by atoms with Gasteiger partial charge in [-0.3, -0.25) is 14.5 Å². The summed E-state index contributed by atoms with van der Waals surface area (Å²) in [6.45, 7) is 3.35. The minimum absolute atomic E-state index is 0.127. The lowest BCUT2D eigenvalue weighted by Crippen LogP contribution is -3.14. The molecule has 4 rings (SSSR count). The van der Waals surface area contributed by atoms with Crippen LogP contribution in [0.25, 0.3) is 0 Å². The van der Waals surface area contributed by atoms with E-state index in [1.807, 2.05) is 30.3 Å². The van der Waals surface area contributed by atoms with Gasteiger partial charge in [-0.1, -0.05) is 37.3 Å². The fraction of sp³-hybridized carbons (Fsp3) is 0.350. The van der Waals surface area contributed by atoms with Crippen molar-refractivity contribution in [3.05, 3.63) is 57.8 Å². The number of hydrogen-bond acceptors (Lipinski definition) is 4. The van der Waals surface area contributed by atoms with Gasteiger partial charge in [-0.15, -0.1) is 11.3 Å². The average Bonchev–Trinajstić information content (AvgIpc) is 3.24. The van der Waals surface area contributed by atoms with Crippen molar-refractivity contribution in [3.8, 4) is 0 Å². The fourth-order valence-electron chi connectivity index (χ4n) is 4.03. The van der Waals surface area contributed by atoms with Gasteiger partial charge in [-0.2, -0.15) is 0 Å². The third-order valence-corrected chi connectivity index (χ3v) is 6.41. The van der Waals surface area contributed by atoms with E-state index in [9.17, 15) is 14.4 Å². The van der Waals surface area contributed by atoms with Gasteiger partial charge in [0.05, 0.1) is 13.1 Å². The molecule has 1 unspecified atom stereocenters. The lowest BCUT2D eigenvalue weighted by molar-refractivity contribution is -0.940. The van der Waals surface area contributed by atoms with Crippen LogP contribution in [0.3, 0.4) is 0 Å². The topological polar surface area (TPSA) is 62.1 Å². The maximum atomic E-state index is 12.8. The average molecular weight is 384 g/mol. The number of nitrogens with one attached hydrogen (secondary N) is 1. The molecule has 0 aliphatic carbocycles. The summed E-state index contributed by atoms with van der Waals surface area (Å²) in [5.74, 6) is -1.45. The molecule has 0 spiro atoms. The molecule has 2 atom stereocenters. The molecule has 140 valence electrons. The molecule has 6 nitrogen and oxygen atoms in total. The first kappa shape index (κ1) is 17.9. The molecule has 1 saturated heterocycles. The molecule has 4 amide bonds. The summed E-state index contributed by atoms with van der Waals surface area (Å²) in [5.41, 5.74) is 2.14. The number of quaternary nitrogens is 1. The number of hydrogen-bond donors (Lipinski definition) is 1. The van der Waals surface area contributed by atoms with Gasteiger partial charge in [0, 0.05) is 23.3 Å². The Kier molecular flexibility index (Phi) is 4.80. The third kappa shape index (κ3) is 3.17. The molecule has 1 aromatic heterocycles. The Bertz CT molecular complexity index is 880. The molecule has 7 heteroatoms. The van der Waals surface area contributed by atoms with Crippen molar-refractivity contribution in [2.75, 3.05) is 13.2 Å². The second kappa shape index (κ2) is 7.25. The maximum absolute atomic E-state index is 12.8. The standard InChI is InChI=1S/C20H21N3O3S/c1-2-16-15-9-11-27-17(15)8-10-21(16)13-23-19(25)18(24)22(20(23)26)12-14-6-4-3-5-7-14/h3-7,9,11,16H,2,8,10,12-13H2,1H3/p+1/t16-/m1/s1. The van der Waals surface area contributed by atoms with Crippen LogP contribution >= 0.6 is 11.3 Å². The number of carbonyl (C=O) groups excluding carboxylic acids is 3. The summed E-state index contributed by atoms with van der Waals surface area (Å²) in [6.07, 6.45) is 1.87. The van der Waals surface area contributed by atoms with Crippen LogP contribution in [-0.2, 0) is 22.6 Å². The quantitative estimate of drug-likeness (QED) is 0.629. The van der Waals surface area contributed by atoms with E-state index in [0.717, 1.165) is 34.7 Å². The first-order valence-corrected chi connectivity index (χ1v) is 10.1. The normalized spacial score (nSPS) is 22.5. The summed E-state index contributed by atoms with van der Waals surface area (Å²) in [5, 5.41) is 2.10. The molecule has 0 bridgehead atoms. The molecular weight excluding hydrogens is 362 g/mol. The van der Waals surface area contributed by atoms with Crippen LogP contribution in [0.15, 0.2) is 41.8 Å². The van der Waals surface area contributed by atoms with Gasteiger partial charge in [0.1, 0.15) is 6.04 Å². The summed E-state index contributed by atoms with van der Waals surface area (Å²) in [7, 11) is 0. The zero-order valence-corrected chi connectivity index (χ0v) is 16.0. The van der Waals surface area contributed by atoms with Crippen LogP contribution < -0.4 is 4.90 Å². The van der Waals surface area contributed by atoms with E-state index in [0.29, 0.717) is 0 Å². The van der Waals surface area contributed by atoms with E-state index in [4.69, 9.17) is 0 Å². The molecule has 2 aliphatic heterocycles. The molecule has 3 heterocycles. The highest BCUT2D eigenvalue weighted by atomic mass is 32.1. The number of imide groups is 2. The van der Waals surface area contributed by atoms with E-state index in [2.05, 4.69) is 18.4 Å². The number of fused-ring (bicyclic) bond motifs is 1. The molecule has 0 saturated carbocycles. The summed E-state index contributed by atoms with van der Waals surface area (Å²) < 4.78 is 0. The van der Waals surface area contributed by atoms with Crippen molar-refractivity contribution >= 4 is 29.2 Å². The van der Waals surface area contributed by atoms with Gasteiger partial charge in [0.25, 0.3) is 0 Å². The van der Waals surface area contributed by atoms with Gasteiger partial charge < -0.3 is 4.90 Å². The van der Waals surface area contributed by atoms with Crippen LogP contribution in [0.4, 0.5) is 4.79 Å². The second-order valence-electron chi connectivity index (χ2n) is 6.97. The first-order chi connectivity index (χ1) is 13.1. The van der Waals surface area contributed by atoms with Gasteiger partial charge >= 0.3 is 17.8 Å². The minimum atomic E-state index is -0.732. The molecule has 2 aromatic rings. The number of carbonyl (C=O) groups is 3. The number of amides is 4. The van der Waals surface area contributed by atoms with Crippen LogP contribution in [-0.4, -0.2) is 40.9 Å². The third-order valence-electron chi connectivity index (χ3n) is 5.41. The van der Waals surface area contributed by atoms with Crippen molar-refractivity contribution in [3.63, 3.8) is 0 Å². The second-order valence-corrected chi connectivity index (χ2v) is 7.97. The van der Waals surface area contributed by atoms with Crippen molar-refractivity contribution in [2.45, 2.75) is 32.4 Å². The lowest BCUT2D eigenvalue weighted by Gasteiger charge is -2.33. The Morgan fingerprint density at radius 2 is 1.81 bits per heavy atom. The number of benzene rings is 1. The number of rotatable bonds is 5. The Balaban J connectivity index is 1.51. The molecule has 1 aromatic carbocycles. The van der Waals surface area contributed by atoms with E-state index >= 15 is 0 Å². The number of urea groups is 1. The Morgan fingerprint density at radius 1 is 1.07 bits per heavy atom. The van der Waals surface area contributed by atoms with Crippen LogP contribution in [0.5, 0.6) is 0 Å². The Hall–Kier alpha value is -2.51. The van der Waals surface area contributed by atoms with Gasteiger partial charge in [-0.05, 0) is 17.0 Å². The number of nitrogens with zero attached hydrogens (tertiary/aromatic N) is 2.